The molecule has 0 spiro atoms. The number of sulfonamides is 1. The van der Waals surface area contributed by atoms with Crippen LogP contribution < -0.4 is 0 Å². The van der Waals surface area contributed by atoms with Gasteiger partial charge < -0.3 is 0 Å². The monoisotopic (exact) mass is 353 g/mol. The van der Waals surface area contributed by atoms with Crippen molar-refractivity contribution in [3.05, 3.63) is 71.0 Å². The van der Waals surface area contributed by atoms with Gasteiger partial charge in [-0.2, -0.15) is 9.40 Å². The van der Waals surface area contributed by atoms with Crippen LogP contribution in [0.4, 0.5) is 0 Å². The molecule has 0 atom stereocenters. The molecule has 6 heteroatoms. The van der Waals surface area contributed by atoms with E-state index in [1.54, 1.807) is 20.9 Å². The molecule has 1 heterocycles. The van der Waals surface area contributed by atoms with Gasteiger partial charge in [0.2, 0.25) is 10.0 Å². The Balaban J connectivity index is 1.90. The summed E-state index contributed by atoms with van der Waals surface area (Å²) < 4.78 is 28.1. The largest absolute Gasteiger partial charge is 0.281 e. The first-order valence-electron chi connectivity index (χ1n) is 8.10. The van der Waals surface area contributed by atoms with Gasteiger partial charge in [-0.1, -0.05) is 48.5 Å². The van der Waals surface area contributed by atoms with Crippen LogP contribution in [0.15, 0.2) is 53.4 Å². The van der Waals surface area contributed by atoms with E-state index >= 15 is 0 Å². The minimum Gasteiger partial charge on any atom is -0.281 e. The molecule has 0 saturated heterocycles. The number of H-pyrrole nitrogens is 1. The molecule has 1 N–H and O–H groups in total. The topological polar surface area (TPSA) is 66.1 Å². The Bertz CT molecular complexity index is 1000. The zero-order valence-electron chi connectivity index (χ0n) is 14.3. The smallest absolute Gasteiger partial charge is 0.247 e. The number of aryl methyl sites for hydroxylation is 2. The van der Waals surface area contributed by atoms with Crippen molar-refractivity contribution in [3.63, 3.8) is 0 Å². The molecule has 2 aromatic carbocycles. The maximum atomic E-state index is 13.3. The lowest BCUT2D eigenvalue weighted by Gasteiger charge is -2.26. The highest BCUT2D eigenvalue weighted by Gasteiger charge is 2.38. The summed E-state index contributed by atoms with van der Waals surface area (Å²) in [5, 5.41) is 6.82. The van der Waals surface area contributed by atoms with Gasteiger partial charge in [0.15, 0.2) is 0 Å². The summed E-state index contributed by atoms with van der Waals surface area (Å²) in [5.74, 6) is 0. The second-order valence-electron chi connectivity index (χ2n) is 6.36. The van der Waals surface area contributed by atoms with Crippen molar-refractivity contribution in [1.29, 1.82) is 0 Å². The Morgan fingerprint density at radius 3 is 1.96 bits per heavy atom. The first-order chi connectivity index (χ1) is 11.9. The second-order valence-corrected chi connectivity index (χ2v) is 8.30. The van der Waals surface area contributed by atoms with Crippen molar-refractivity contribution in [2.75, 3.05) is 7.05 Å². The molecule has 0 aliphatic heterocycles. The predicted molar refractivity (Wildman–Crippen MR) is 96.7 cm³/mol. The van der Waals surface area contributed by atoms with Crippen LogP contribution in [0.25, 0.3) is 11.1 Å². The lowest BCUT2D eigenvalue weighted by atomic mass is 10.1. The number of nitrogens with zero attached hydrogens (tertiary/aromatic N) is 2. The van der Waals surface area contributed by atoms with Gasteiger partial charge in [-0.25, -0.2) is 8.42 Å². The fourth-order valence-electron chi connectivity index (χ4n) is 3.72. The van der Waals surface area contributed by atoms with Gasteiger partial charge in [-0.15, -0.1) is 0 Å². The molecule has 1 aromatic heterocycles. The lowest BCUT2D eigenvalue weighted by molar-refractivity contribution is 0.422. The van der Waals surface area contributed by atoms with Crippen LogP contribution in [0, 0.1) is 13.8 Å². The Morgan fingerprint density at radius 2 is 1.48 bits per heavy atom. The number of aromatic amines is 1. The maximum absolute atomic E-state index is 13.3. The Hall–Kier alpha value is -2.44. The third-order valence-corrected chi connectivity index (χ3v) is 6.95. The summed E-state index contributed by atoms with van der Waals surface area (Å²) in [6, 6.07) is 15.6. The quantitative estimate of drug-likeness (QED) is 0.785. The van der Waals surface area contributed by atoms with Crippen LogP contribution >= 0.6 is 0 Å². The fraction of sp³-hybridized carbons (Fsp3) is 0.211. The van der Waals surface area contributed by atoms with E-state index in [0.29, 0.717) is 11.4 Å². The predicted octanol–water partition coefficient (Wildman–Crippen LogP) is 3.42. The normalized spacial score (nSPS) is 13.9. The number of nitrogens with one attached hydrogen (secondary N) is 1. The number of rotatable bonds is 3. The van der Waals surface area contributed by atoms with Crippen LogP contribution in [0.3, 0.4) is 0 Å². The van der Waals surface area contributed by atoms with Gasteiger partial charge >= 0.3 is 0 Å². The van der Waals surface area contributed by atoms with E-state index in [0.717, 1.165) is 22.3 Å². The number of benzene rings is 2. The third kappa shape index (κ3) is 2.25. The van der Waals surface area contributed by atoms with Crippen LogP contribution in [0.5, 0.6) is 0 Å². The zero-order valence-corrected chi connectivity index (χ0v) is 15.1. The molecule has 128 valence electrons. The molecule has 0 fully saturated rings. The molecular formula is C19H19N3O2S. The lowest BCUT2D eigenvalue weighted by Crippen LogP contribution is -2.31. The summed E-state index contributed by atoms with van der Waals surface area (Å²) >= 11 is 0. The van der Waals surface area contributed by atoms with E-state index in [-0.39, 0.29) is 10.9 Å². The molecule has 5 nitrogen and oxygen atoms in total. The number of hydrogen-bond donors (Lipinski definition) is 1. The molecule has 0 unspecified atom stereocenters. The summed E-state index contributed by atoms with van der Waals surface area (Å²) in [6.45, 7) is 3.44. The van der Waals surface area contributed by atoms with Gasteiger partial charge in [0.1, 0.15) is 4.90 Å². The molecule has 1 aliphatic rings. The van der Waals surface area contributed by atoms with Crippen molar-refractivity contribution < 1.29 is 8.42 Å². The van der Waals surface area contributed by atoms with E-state index in [1.807, 2.05) is 48.5 Å². The van der Waals surface area contributed by atoms with E-state index in [2.05, 4.69) is 10.2 Å². The van der Waals surface area contributed by atoms with Crippen molar-refractivity contribution in [2.45, 2.75) is 24.8 Å². The molecule has 4 rings (SSSR count). The van der Waals surface area contributed by atoms with Gasteiger partial charge in [0.05, 0.1) is 17.4 Å². The summed E-state index contributed by atoms with van der Waals surface area (Å²) in [4.78, 5) is 0.261. The molecule has 25 heavy (non-hydrogen) atoms. The van der Waals surface area contributed by atoms with Crippen molar-refractivity contribution >= 4 is 10.0 Å². The first kappa shape index (κ1) is 16.1. The minimum absolute atomic E-state index is 0.261. The maximum Gasteiger partial charge on any atom is 0.247 e. The number of aromatic nitrogens is 2. The Kier molecular flexibility index (Phi) is 3.56. The van der Waals surface area contributed by atoms with Crippen molar-refractivity contribution in [3.8, 4) is 11.1 Å². The second kappa shape index (κ2) is 5.54. The van der Waals surface area contributed by atoms with Gasteiger partial charge in [0, 0.05) is 7.05 Å². The molecule has 0 radical (unpaired) electrons. The highest BCUT2D eigenvalue weighted by atomic mass is 32.2. The average molecular weight is 353 g/mol. The Morgan fingerprint density at radius 1 is 0.960 bits per heavy atom. The van der Waals surface area contributed by atoms with E-state index in [9.17, 15) is 8.42 Å². The molecule has 0 bridgehead atoms. The minimum atomic E-state index is -3.69. The SMILES string of the molecule is Cc1n[nH]c(C)c1S(=O)(=O)N(C)C1c2ccccc2-c2ccccc21. The van der Waals surface area contributed by atoms with Gasteiger partial charge in [-0.3, -0.25) is 5.10 Å². The summed E-state index contributed by atoms with van der Waals surface area (Å²) in [7, 11) is -2.04. The fourth-order valence-corrected chi connectivity index (χ4v) is 5.37. The van der Waals surface area contributed by atoms with Crippen LogP contribution in [0.2, 0.25) is 0 Å². The van der Waals surface area contributed by atoms with Crippen molar-refractivity contribution in [1.82, 2.24) is 14.5 Å². The Labute approximate surface area is 147 Å². The van der Waals surface area contributed by atoms with Gasteiger partial charge in [0.25, 0.3) is 0 Å². The van der Waals surface area contributed by atoms with E-state index in [1.165, 1.54) is 4.31 Å². The van der Waals surface area contributed by atoms with E-state index < -0.39 is 10.0 Å². The van der Waals surface area contributed by atoms with Crippen LogP contribution in [0.1, 0.15) is 28.6 Å². The van der Waals surface area contributed by atoms with Crippen molar-refractivity contribution in [2.24, 2.45) is 0 Å². The summed E-state index contributed by atoms with van der Waals surface area (Å²) in [6.07, 6.45) is 0. The van der Waals surface area contributed by atoms with E-state index in [4.69, 9.17) is 0 Å². The average Bonchev–Trinajstić information content (AvgIpc) is 3.12. The number of hydrogen-bond acceptors (Lipinski definition) is 3. The highest BCUT2D eigenvalue weighted by molar-refractivity contribution is 7.89. The van der Waals surface area contributed by atoms with Crippen LogP contribution in [-0.2, 0) is 10.0 Å². The van der Waals surface area contributed by atoms with Gasteiger partial charge in [-0.05, 0) is 36.1 Å². The molecule has 1 aliphatic carbocycles. The van der Waals surface area contributed by atoms with Crippen LogP contribution in [-0.4, -0.2) is 30.0 Å². The first-order valence-corrected chi connectivity index (χ1v) is 9.54. The standard InChI is InChI=1S/C19H19N3O2S/c1-12-19(13(2)21-20-12)25(23,24)22(3)18-16-10-6-4-8-14(16)15-9-5-7-11-17(15)18/h4-11,18H,1-3H3,(H,20,21). The molecule has 0 amide bonds. The number of fused-ring (bicyclic) bond motifs is 3. The highest BCUT2D eigenvalue weighted by Crippen LogP contribution is 2.47. The summed E-state index contributed by atoms with van der Waals surface area (Å²) in [5.41, 5.74) is 5.24. The molecule has 3 aromatic rings. The third-order valence-electron chi connectivity index (χ3n) is 4.86. The molecule has 0 saturated carbocycles. The molecular weight excluding hydrogens is 334 g/mol. The zero-order chi connectivity index (χ0) is 17.8.